The molecule has 0 saturated carbocycles. The lowest BCUT2D eigenvalue weighted by molar-refractivity contribution is -0.120. The molecule has 4 fully saturated rings. The van der Waals surface area contributed by atoms with Gasteiger partial charge in [-0.2, -0.15) is 0 Å². The van der Waals surface area contributed by atoms with Crippen molar-refractivity contribution in [2.45, 2.75) is 90.1 Å². The fourth-order valence-electron chi connectivity index (χ4n) is 10.1. The molecule has 2 aromatic carbocycles. The summed E-state index contributed by atoms with van der Waals surface area (Å²) < 4.78 is 25.3. The lowest BCUT2D eigenvalue weighted by Gasteiger charge is -2.41. The number of aromatic nitrogens is 4. The van der Waals surface area contributed by atoms with Crippen LogP contribution in [0.3, 0.4) is 0 Å². The Morgan fingerprint density at radius 2 is 1.77 bits per heavy atom. The molecule has 0 bridgehead atoms. The number of hydrogen-bond acceptors (Lipinski definition) is 11. The van der Waals surface area contributed by atoms with Crippen molar-refractivity contribution < 1.29 is 28.6 Å². The number of nitrogen functional groups attached to an aromatic ring is 1. The van der Waals surface area contributed by atoms with Gasteiger partial charge in [0.15, 0.2) is 5.82 Å². The van der Waals surface area contributed by atoms with Gasteiger partial charge in [-0.1, -0.05) is 25.1 Å². The van der Waals surface area contributed by atoms with Gasteiger partial charge in [-0.3, -0.25) is 19.8 Å². The molecular weight excluding hydrogens is 816 g/mol. The van der Waals surface area contributed by atoms with Crippen LogP contribution in [0, 0.1) is 13.8 Å². The molecule has 7 heterocycles. The Morgan fingerprint density at radius 1 is 1.00 bits per heavy atom. The number of ether oxygens (including phenoxy) is 1. The van der Waals surface area contributed by atoms with Crippen LogP contribution in [0.5, 0.6) is 5.75 Å². The van der Waals surface area contributed by atoms with Crippen molar-refractivity contribution in [2.75, 3.05) is 67.9 Å². The second-order valence-electron chi connectivity index (χ2n) is 18.1. The SMILES string of the molecule is CCc1cn(C2CCN(CC3(F)CCN(C(=O)c4cc(C)c(C5CN(c6cc(-c7ccccc7O)nnc6N)C[C@H](C)O5)cc4C)CC3)CC2)c2ncc(N3CCC(=O)NC3=O)cc12. The van der Waals surface area contributed by atoms with Crippen LogP contribution in [-0.4, -0.2) is 117 Å². The van der Waals surface area contributed by atoms with Gasteiger partial charge < -0.3 is 34.8 Å². The number of hydrogen-bond donors (Lipinski definition) is 3. The lowest BCUT2D eigenvalue weighted by Crippen LogP contribution is -2.51. The fourth-order valence-corrected chi connectivity index (χ4v) is 10.1. The number of carbonyl (C=O) groups excluding carboxylic acids is 3. The zero-order valence-electron chi connectivity index (χ0n) is 37.0. The highest BCUT2D eigenvalue weighted by Crippen LogP contribution is 2.38. The quantitative estimate of drug-likeness (QED) is 0.145. The van der Waals surface area contributed by atoms with Crippen LogP contribution >= 0.6 is 0 Å². The molecule has 4 N–H and O–H groups in total. The number of carbonyl (C=O) groups is 3. The Bertz CT molecular complexity index is 2600. The Kier molecular flexibility index (Phi) is 11.8. The number of nitrogens with zero attached hydrogens (tertiary/aromatic N) is 8. The molecule has 0 aliphatic carbocycles. The summed E-state index contributed by atoms with van der Waals surface area (Å²) in [5, 5.41) is 22.3. The molecule has 4 aliphatic heterocycles. The van der Waals surface area contributed by atoms with Crippen LogP contribution in [-0.2, 0) is 16.0 Å². The molecule has 15 nitrogen and oxygen atoms in total. The number of likely N-dealkylation sites (tertiary alicyclic amines) is 2. The molecule has 64 heavy (non-hydrogen) atoms. The average Bonchev–Trinajstić information content (AvgIpc) is 3.65. The third-order valence-corrected chi connectivity index (χ3v) is 13.7. The van der Waals surface area contributed by atoms with E-state index in [0.29, 0.717) is 73.3 Å². The van der Waals surface area contributed by atoms with E-state index in [1.165, 1.54) is 0 Å². The van der Waals surface area contributed by atoms with E-state index in [0.717, 1.165) is 65.6 Å². The molecule has 0 spiro atoms. The highest BCUT2D eigenvalue weighted by atomic mass is 19.1. The van der Waals surface area contributed by atoms with Crippen molar-refractivity contribution >= 4 is 46.1 Å². The number of phenolic OH excluding ortho intramolecular Hbond substituents is 1. The van der Waals surface area contributed by atoms with E-state index in [4.69, 9.17) is 15.5 Å². The number of anilines is 3. The Hall–Kier alpha value is -6.13. The molecular formula is C48H57FN10O5. The van der Waals surface area contributed by atoms with Gasteiger partial charge in [0.25, 0.3) is 5.91 Å². The number of phenols is 1. The predicted molar refractivity (Wildman–Crippen MR) is 243 cm³/mol. The van der Waals surface area contributed by atoms with Gasteiger partial charge in [0.05, 0.1) is 29.4 Å². The monoisotopic (exact) mass is 872 g/mol. The molecule has 3 aromatic heterocycles. The van der Waals surface area contributed by atoms with E-state index < -0.39 is 11.7 Å². The zero-order chi connectivity index (χ0) is 44.9. The standard InChI is InChI=1S/C48H57FN10O5/c1-5-32-26-59(45-38(32)22-34(24-51-45)58-17-12-43(61)52-47(58)63)33-10-15-55(16-11-33)28-48(49)13-18-56(19-14-48)46(62)37-21-29(2)36(20-30(37)3)42-27-57(25-31(4)64-42)40-23-39(53-54-44(40)50)35-8-6-7-9-41(35)60/h6-9,20-24,26,31,33,42,60H,5,10-19,25,27-28H2,1-4H3,(H2,50,54)(H,52,61,63)/t31-,42?/m0/s1. The number of piperidine rings is 2. The molecule has 1 unspecified atom stereocenters. The number of urea groups is 1. The number of halogens is 1. The molecule has 2 atom stereocenters. The number of alkyl halides is 1. The minimum Gasteiger partial charge on any atom is -0.507 e. The third kappa shape index (κ3) is 8.48. The second kappa shape index (κ2) is 17.4. The molecule has 0 radical (unpaired) electrons. The average molecular weight is 873 g/mol. The van der Waals surface area contributed by atoms with Gasteiger partial charge in [-0.15, -0.1) is 10.2 Å². The van der Waals surface area contributed by atoms with Gasteiger partial charge in [0.2, 0.25) is 5.91 Å². The lowest BCUT2D eigenvalue weighted by atomic mass is 9.90. The Labute approximate surface area is 372 Å². The number of morpholine rings is 1. The summed E-state index contributed by atoms with van der Waals surface area (Å²) in [4.78, 5) is 50.8. The first-order valence-electron chi connectivity index (χ1n) is 22.5. The maximum absolute atomic E-state index is 16.6. The summed E-state index contributed by atoms with van der Waals surface area (Å²) in [6.45, 7) is 12.1. The summed E-state index contributed by atoms with van der Waals surface area (Å²) in [6, 6.07) is 14.6. The number of nitrogens with two attached hydrogens (primary N) is 1. The van der Waals surface area contributed by atoms with E-state index in [2.05, 4.69) is 43.0 Å². The van der Waals surface area contributed by atoms with Crippen molar-refractivity contribution in [1.82, 2.24) is 34.9 Å². The van der Waals surface area contributed by atoms with Crippen molar-refractivity contribution in [1.29, 1.82) is 0 Å². The molecule has 9 rings (SSSR count). The minimum atomic E-state index is -1.38. The topological polar surface area (TPSA) is 175 Å². The van der Waals surface area contributed by atoms with Crippen molar-refractivity contribution in [3.05, 3.63) is 88.7 Å². The first-order valence-corrected chi connectivity index (χ1v) is 22.5. The predicted octanol–water partition coefficient (Wildman–Crippen LogP) is 6.65. The van der Waals surface area contributed by atoms with Crippen molar-refractivity contribution in [3.63, 3.8) is 0 Å². The zero-order valence-corrected chi connectivity index (χ0v) is 37.0. The normalized spacial score (nSPS) is 21.1. The van der Waals surface area contributed by atoms with Crippen molar-refractivity contribution in [3.8, 4) is 17.0 Å². The smallest absolute Gasteiger partial charge is 0.328 e. The number of benzene rings is 2. The first-order chi connectivity index (χ1) is 30.8. The number of nitrogens with one attached hydrogen (secondary N) is 1. The van der Waals surface area contributed by atoms with Crippen LogP contribution < -0.4 is 20.9 Å². The van der Waals surface area contributed by atoms with Crippen LogP contribution in [0.15, 0.2) is 60.9 Å². The summed E-state index contributed by atoms with van der Waals surface area (Å²) in [5.74, 6) is 0.0517. The summed E-state index contributed by atoms with van der Waals surface area (Å²) in [5.41, 5.74) is 12.9. The molecule has 4 aliphatic rings. The number of fused-ring (bicyclic) bond motifs is 1. The molecule has 5 aromatic rings. The van der Waals surface area contributed by atoms with Gasteiger partial charge in [0, 0.05) is 100 Å². The first kappa shape index (κ1) is 43.1. The second-order valence-corrected chi connectivity index (χ2v) is 18.1. The maximum atomic E-state index is 16.6. The van der Waals surface area contributed by atoms with Crippen LogP contribution in [0.1, 0.15) is 90.7 Å². The fraction of sp³-hybridized carbons (Fsp3) is 0.458. The molecule has 16 heteroatoms. The highest BCUT2D eigenvalue weighted by molar-refractivity contribution is 6.06. The van der Waals surface area contributed by atoms with Crippen LogP contribution in [0.25, 0.3) is 22.3 Å². The Morgan fingerprint density at radius 3 is 2.50 bits per heavy atom. The molecule has 4 saturated heterocycles. The van der Waals surface area contributed by atoms with Crippen LogP contribution in [0.2, 0.25) is 0 Å². The summed E-state index contributed by atoms with van der Waals surface area (Å²) >= 11 is 0. The van der Waals surface area contributed by atoms with E-state index in [1.54, 1.807) is 34.2 Å². The summed E-state index contributed by atoms with van der Waals surface area (Å²) in [6.07, 6.45) is 6.82. The number of aromatic hydroxyl groups is 1. The number of amides is 4. The van der Waals surface area contributed by atoms with E-state index in [-0.39, 0.29) is 55.1 Å². The van der Waals surface area contributed by atoms with E-state index in [9.17, 15) is 19.5 Å². The van der Waals surface area contributed by atoms with E-state index >= 15 is 4.39 Å². The number of aryl methyl sites for hydroxylation is 3. The van der Waals surface area contributed by atoms with Gasteiger partial charge >= 0.3 is 6.03 Å². The number of imide groups is 1. The maximum Gasteiger partial charge on any atom is 0.328 e. The van der Waals surface area contributed by atoms with Gasteiger partial charge in [-0.05, 0) is 92.6 Å². The molecule has 4 amide bonds. The number of para-hydroxylation sites is 1. The summed E-state index contributed by atoms with van der Waals surface area (Å²) in [7, 11) is 0. The highest BCUT2D eigenvalue weighted by Gasteiger charge is 2.39. The largest absolute Gasteiger partial charge is 0.507 e. The van der Waals surface area contributed by atoms with E-state index in [1.807, 2.05) is 51.1 Å². The van der Waals surface area contributed by atoms with Gasteiger partial charge in [0.1, 0.15) is 23.2 Å². The molecule has 336 valence electrons. The Balaban J connectivity index is 0.808. The van der Waals surface area contributed by atoms with Crippen LogP contribution in [0.4, 0.5) is 26.4 Å². The number of rotatable bonds is 9. The minimum absolute atomic E-state index is 0.0812. The number of pyridine rings is 1. The van der Waals surface area contributed by atoms with Gasteiger partial charge in [-0.25, -0.2) is 14.2 Å². The van der Waals surface area contributed by atoms with Crippen molar-refractivity contribution in [2.24, 2.45) is 0 Å². The third-order valence-electron chi connectivity index (χ3n) is 13.7.